The Bertz CT molecular complexity index is 1340. The number of fused-ring (bicyclic) bond motifs is 1. The van der Waals surface area contributed by atoms with Gasteiger partial charge in [-0.3, -0.25) is 0 Å². The van der Waals surface area contributed by atoms with E-state index in [1.54, 1.807) is 24.3 Å². The summed E-state index contributed by atoms with van der Waals surface area (Å²) in [6.07, 6.45) is 1.49. The van der Waals surface area contributed by atoms with Crippen molar-refractivity contribution in [1.82, 2.24) is 3.97 Å². The Labute approximate surface area is 166 Å². The first-order chi connectivity index (χ1) is 13.8. The molecule has 0 aliphatic carbocycles. The Kier molecular flexibility index (Phi) is 4.70. The lowest BCUT2D eigenvalue weighted by molar-refractivity contribution is 0.495. The highest BCUT2D eigenvalue weighted by molar-refractivity contribution is 7.90. The molecule has 0 saturated carbocycles. The molecule has 148 valence electrons. The van der Waals surface area contributed by atoms with Gasteiger partial charge in [0.05, 0.1) is 10.4 Å². The number of hydrogen-bond acceptors (Lipinski definition) is 2. The summed E-state index contributed by atoms with van der Waals surface area (Å²) in [4.78, 5) is -0.174. The molecule has 4 rings (SSSR count). The van der Waals surface area contributed by atoms with Gasteiger partial charge in [0.1, 0.15) is 5.82 Å². The van der Waals surface area contributed by atoms with Crippen LogP contribution in [0.3, 0.4) is 0 Å². The molecule has 3 aromatic carbocycles. The molecule has 29 heavy (non-hydrogen) atoms. The molecule has 0 aliphatic heterocycles. The first kappa shape index (κ1) is 19.3. The second-order valence-corrected chi connectivity index (χ2v) is 8.63. The van der Waals surface area contributed by atoms with Crippen molar-refractivity contribution in [3.8, 4) is 0 Å². The molecule has 1 aromatic heterocycles. The van der Waals surface area contributed by atoms with E-state index in [1.165, 1.54) is 43.5 Å². The third-order valence-corrected chi connectivity index (χ3v) is 6.51. The third-order valence-electron chi connectivity index (χ3n) is 4.82. The first-order valence-corrected chi connectivity index (χ1v) is 10.3. The van der Waals surface area contributed by atoms with E-state index < -0.39 is 27.5 Å². The molecule has 0 unspecified atom stereocenters. The van der Waals surface area contributed by atoms with Crippen LogP contribution in [-0.2, 0) is 16.4 Å². The number of benzene rings is 3. The Balaban J connectivity index is 1.79. The fourth-order valence-corrected chi connectivity index (χ4v) is 4.63. The van der Waals surface area contributed by atoms with E-state index in [2.05, 4.69) is 0 Å². The van der Waals surface area contributed by atoms with Gasteiger partial charge in [0.15, 0.2) is 11.6 Å². The van der Waals surface area contributed by atoms with E-state index in [9.17, 15) is 21.6 Å². The van der Waals surface area contributed by atoms with E-state index >= 15 is 0 Å². The molecular weight excluding hydrogens is 399 g/mol. The molecular formula is C22H16F3NO2S. The highest BCUT2D eigenvalue weighted by Crippen LogP contribution is 2.26. The van der Waals surface area contributed by atoms with Crippen molar-refractivity contribution in [2.24, 2.45) is 0 Å². The summed E-state index contributed by atoms with van der Waals surface area (Å²) in [7, 11) is -4.01. The Hall–Kier alpha value is -3.06. The molecule has 0 aliphatic rings. The fourth-order valence-electron chi connectivity index (χ4n) is 3.25. The van der Waals surface area contributed by atoms with Crippen molar-refractivity contribution in [3.05, 3.63) is 101 Å². The lowest BCUT2D eigenvalue weighted by Gasteiger charge is -2.10. The molecule has 3 nitrogen and oxygen atoms in total. The average Bonchev–Trinajstić information content (AvgIpc) is 3.12. The summed E-state index contributed by atoms with van der Waals surface area (Å²) in [5.41, 5.74) is 1.39. The standard InChI is InChI=1S/C22H16F3NO2S/c1-14-5-7-17(22(25)21(14)24)11-15-6-8-16-9-10-26(20(16)12-15)29(27,28)19-4-2-3-18(23)13-19/h2-10,12-13H,11H2,1H3. The van der Waals surface area contributed by atoms with E-state index in [-0.39, 0.29) is 22.4 Å². The van der Waals surface area contributed by atoms with Crippen molar-refractivity contribution >= 4 is 20.9 Å². The van der Waals surface area contributed by atoms with Crippen LogP contribution in [0.15, 0.2) is 71.8 Å². The fraction of sp³-hybridized carbons (Fsp3) is 0.0909. The zero-order valence-corrected chi connectivity index (χ0v) is 16.2. The number of halogens is 3. The molecule has 0 spiro atoms. The quantitative estimate of drug-likeness (QED) is 0.460. The maximum absolute atomic E-state index is 14.2. The summed E-state index contributed by atoms with van der Waals surface area (Å²) >= 11 is 0. The number of aromatic nitrogens is 1. The van der Waals surface area contributed by atoms with Gasteiger partial charge < -0.3 is 0 Å². The van der Waals surface area contributed by atoms with Crippen molar-refractivity contribution in [2.75, 3.05) is 0 Å². The Morgan fingerprint density at radius 3 is 2.45 bits per heavy atom. The summed E-state index contributed by atoms with van der Waals surface area (Å²) in [6, 6.07) is 14.5. The smallest absolute Gasteiger partial charge is 0.241 e. The Morgan fingerprint density at radius 1 is 0.897 bits per heavy atom. The van der Waals surface area contributed by atoms with Crippen molar-refractivity contribution in [3.63, 3.8) is 0 Å². The lowest BCUT2D eigenvalue weighted by atomic mass is 10.0. The maximum Gasteiger partial charge on any atom is 0.268 e. The molecule has 0 atom stereocenters. The number of nitrogens with zero attached hydrogens (tertiary/aromatic N) is 1. The van der Waals surface area contributed by atoms with E-state index in [4.69, 9.17) is 0 Å². The molecule has 0 radical (unpaired) electrons. The summed E-state index contributed by atoms with van der Waals surface area (Å²) in [5, 5.41) is 0.657. The normalized spacial score (nSPS) is 11.9. The van der Waals surface area contributed by atoms with Crippen molar-refractivity contribution < 1.29 is 21.6 Å². The zero-order valence-electron chi connectivity index (χ0n) is 15.4. The molecule has 0 fully saturated rings. The van der Waals surface area contributed by atoms with Gasteiger partial charge in [0.25, 0.3) is 10.0 Å². The predicted molar refractivity (Wildman–Crippen MR) is 105 cm³/mol. The molecule has 0 amide bonds. The molecule has 0 saturated heterocycles. The topological polar surface area (TPSA) is 39.1 Å². The van der Waals surface area contributed by atoms with Gasteiger partial charge in [0.2, 0.25) is 0 Å². The summed E-state index contributed by atoms with van der Waals surface area (Å²) in [5.74, 6) is -2.45. The van der Waals surface area contributed by atoms with Crippen molar-refractivity contribution in [1.29, 1.82) is 0 Å². The highest BCUT2D eigenvalue weighted by Gasteiger charge is 2.20. The van der Waals surface area contributed by atoms with Crippen LogP contribution in [0.25, 0.3) is 10.9 Å². The highest BCUT2D eigenvalue weighted by atomic mass is 32.2. The number of hydrogen-bond donors (Lipinski definition) is 0. The summed E-state index contributed by atoms with van der Waals surface area (Å²) in [6.45, 7) is 1.48. The van der Waals surface area contributed by atoms with E-state index in [0.717, 1.165) is 10.0 Å². The van der Waals surface area contributed by atoms with Gasteiger partial charge in [-0.1, -0.05) is 30.3 Å². The average molecular weight is 415 g/mol. The summed E-state index contributed by atoms with van der Waals surface area (Å²) < 4.78 is 68.6. The third kappa shape index (κ3) is 3.42. The van der Waals surface area contributed by atoms with Crippen LogP contribution in [0.1, 0.15) is 16.7 Å². The van der Waals surface area contributed by atoms with Crippen LogP contribution in [0.2, 0.25) is 0 Å². The second-order valence-electron chi connectivity index (χ2n) is 6.81. The molecule has 0 N–H and O–H groups in total. The van der Waals surface area contributed by atoms with Gasteiger partial charge in [-0.25, -0.2) is 25.6 Å². The SMILES string of the molecule is Cc1ccc(Cc2ccc3ccn(S(=O)(=O)c4cccc(F)c4)c3c2)c(F)c1F. The minimum absolute atomic E-state index is 0.101. The van der Waals surface area contributed by atoms with Crippen LogP contribution in [0.4, 0.5) is 13.2 Å². The lowest BCUT2D eigenvalue weighted by Crippen LogP contribution is -2.12. The largest absolute Gasteiger partial charge is 0.268 e. The monoisotopic (exact) mass is 415 g/mol. The predicted octanol–water partition coefficient (Wildman–Crippen LogP) is 5.19. The molecule has 0 bridgehead atoms. The maximum atomic E-state index is 14.2. The molecule has 1 heterocycles. The van der Waals surface area contributed by atoms with Gasteiger partial charge in [-0.05, 0) is 53.9 Å². The zero-order chi connectivity index (χ0) is 20.8. The number of rotatable bonds is 4. The first-order valence-electron chi connectivity index (χ1n) is 8.82. The van der Waals surface area contributed by atoms with Crippen LogP contribution in [0, 0.1) is 24.4 Å². The van der Waals surface area contributed by atoms with Crippen LogP contribution in [0.5, 0.6) is 0 Å². The van der Waals surface area contributed by atoms with Crippen LogP contribution in [-0.4, -0.2) is 12.4 Å². The van der Waals surface area contributed by atoms with E-state index in [0.29, 0.717) is 16.5 Å². The second kappa shape index (κ2) is 7.08. The minimum atomic E-state index is -4.01. The number of aryl methyl sites for hydroxylation is 1. The van der Waals surface area contributed by atoms with Crippen molar-refractivity contribution in [2.45, 2.75) is 18.2 Å². The van der Waals surface area contributed by atoms with Gasteiger partial charge in [0, 0.05) is 18.0 Å². The van der Waals surface area contributed by atoms with Gasteiger partial charge in [-0.2, -0.15) is 0 Å². The van der Waals surface area contributed by atoms with Gasteiger partial charge >= 0.3 is 0 Å². The Morgan fingerprint density at radius 2 is 1.69 bits per heavy atom. The van der Waals surface area contributed by atoms with Crippen LogP contribution < -0.4 is 0 Å². The van der Waals surface area contributed by atoms with Crippen LogP contribution >= 0.6 is 0 Å². The molecule has 4 aromatic rings. The van der Waals surface area contributed by atoms with E-state index in [1.807, 2.05) is 0 Å². The van der Waals surface area contributed by atoms with Gasteiger partial charge in [-0.15, -0.1) is 0 Å². The molecule has 7 heteroatoms. The minimum Gasteiger partial charge on any atom is -0.241 e.